The van der Waals surface area contributed by atoms with Crippen LogP contribution in [0.3, 0.4) is 0 Å². The van der Waals surface area contributed by atoms with Crippen molar-refractivity contribution in [1.82, 2.24) is 10.3 Å². The third-order valence-electron chi connectivity index (χ3n) is 3.45. The van der Waals surface area contributed by atoms with E-state index in [1.165, 1.54) is 5.56 Å². The summed E-state index contributed by atoms with van der Waals surface area (Å²) in [6, 6.07) is 12.0. The Morgan fingerprint density at radius 3 is 2.26 bits per heavy atom. The third kappa shape index (κ3) is 4.81. The van der Waals surface area contributed by atoms with Crippen LogP contribution < -0.4 is 10.6 Å². The summed E-state index contributed by atoms with van der Waals surface area (Å²) in [6.45, 7) is 10.4. The monoisotopic (exact) mass is 311 g/mol. The van der Waals surface area contributed by atoms with Gasteiger partial charge in [0, 0.05) is 23.6 Å². The molecule has 2 rings (SSSR count). The quantitative estimate of drug-likeness (QED) is 0.887. The van der Waals surface area contributed by atoms with Gasteiger partial charge in [-0.25, -0.2) is 0 Å². The lowest BCUT2D eigenvalue weighted by atomic mass is 9.87. The van der Waals surface area contributed by atoms with Crippen molar-refractivity contribution in [2.75, 3.05) is 5.32 Å². The van der Waals surface area contributed by atoms with Crippen molar-refractivity contribution >= 4 is 17.3 Å². The molecular formula is C19H25N3O. The summed E-state index contributed by atoms with van der Waals surface area (Å²) in [4.78, 5) is 16.1. The number of anilines is 2. The number of hydrogen-bond donors (Lipinski definition) is 2. The van der Waals surface area contributed by atoms with E-state index in [0.717, 1.165) is 11.4 Å². The zero-order valence-electron chi connectivity index (χ0n) is 14.5. The SMILES string of the molecule is CC(C)NC(=O)c1cc(Nc2ccc(C(C)(C)C)cc2)ccn1. The Morgan fingerprint density at radius 1 is 1.04 bits per heavy atom. The van der Waals surface area contributed by atoms with Crippen LogP contribution in [0.25, 0.3) is 0 Å². The Hall–Kier alpha value is -2.36. The Morgan fingerprint density at radius 2 is 1.70 bits per heavy atom. The summed E-state index contributed by atoms with van der Waals surface area (Å²) in [6.07, 6.45) is 1.64. The summed E-state index contributed by atoms with van der Waals surface area (Å²) in [5.74, 6) is -0.160. The van der Waals surface area contributed by atoms with E-state index in [4.69, 9.17) is 0 Å². The molecule has 0 aliphatic heterocycles. The molecular weight excluding hydrogens is 286 g/mol. The number of benzene rings is 1. The van der Waals surface area contributed by atoms with E-state index in [0.29, 0.717) is 5.69 Å². The standard InChI is InChI=1S/C19H25N3O/c1-13(2)21-18(23)17-12-16(10-11-20-17)22-15-8-6-14(7-9-15)19(3,4)5/h6-13H,1-5H3,(H,20,22)(H,21,23). The Labute approximate surface area is 138 Å². The van der Waals surface area contributed by atoms with Gasteiger partial charge in [-0.3, -0.25) is 9.78 Å². The van der Waals surface area contributed by atoms with Crippen LogP contribution in [-0.2, 0) is 5.41 Å². The Bertz CT molecular complexity index is 670. The molecule has 0 atom stereocenters. The lowest BCUT2D eigenvalue weighted by molar-refractivity contribution is 0.0938. The van der Waals surface area contributed by atoms with Crippen molar-refractivity contribution in [2.24, 2.45) is 0 Å². The number of hydrogen-bond acceptors (Lipinski definition) is 3. The van der Waals surface area contributed by atoms with Crippen LogP contribution in [0.2, 0.25) is 0 Å². The van der Waals surface area contributed by atoms with Crippen molar-refractivity contribution in [3.63, 3.8) is 0 Å². The molecule has 0 fully saturated rings. The molecule has 0 saturated carbocycles. The highest BCUT2D eigenvalue weighted by Crippen LogP contribution is 2.24. The molecule has 0 spiro atoms. The second kappa shape index (κ2) is 6.82. The summed E-state index contributed by atoms with van der Waals surface area (Å²) in [5.41, 5.74) is 3.67. The van der Waals surface area contributed by atoms with Crippen LogP contribution in [0, 0.1) is 0 Å². The minimum atomic E-state index is -0.160. The van der Waals surface area contributed by atoms with Gasteiger partial charge in [0.25, 0.3) is 5.91 Å². The summed E-state index contributed by atoms with van der Waals surface area (Å²) in [7, 11) is 0. The van der Waals surface area contributed by atoms with Gasteiger partial charge in [0.2, 0.25) is 0 Å². The number of aromatic nitrogens is 1. The fourth-order valence-corrected chi connectivity index (χ4v) is 2.19. The molecule has 1 aromatic carbocycles. The number of nitrogens with zero attached hydrogens (tertiary/aromatic N) is 1. The van der Waals surface area contributed by atoms with Crippen LogP contribution in [0.15, 0.2) is 42.6 Å². The molecule has 23 heavy (non-hydrogen) atoms. The van der Waals surface area contributed by atoms with Gasteiger partial charge >= 0.3 is 0 Å². The minimum absolute atomic E-state index is 0.0888. The van der Waals surface area contributed by atoms with E-state index in [9.17, 15) is 4.79 Å². The molecule has 2 aromatic rings. The van der Waals surface area contributed by atoms with E-state index in [1.807, 2.05) is 19.9 Å². The molecule has 4 nitrogen and oxygen atoms in total. The van der Waals surface area contributed by atoms with E-state index >= 15 is 0 Å². The first-order chi connectivity index (χ1) is 10.8. The molecule has 0 saturated heterocycles. The molecule has 0 aliphatic rings. The van der Waals surface area contributed by atoms with Crippen LogP contribution in [-0.4, -0.2) is 16.9 Å². The van der Waals surface area contributed by atoms with E-state index in [1.54, 1.807) is 12.3 Å². The van der Waals surface area contributed by atoms with Gasteiger partial charge in [0.1, 0.15) is 5.69 Å². The van der Waals surface area contributed by atoms with Gasteiger partial charge in [0.05, 0.1) is 0 Å². The lowest BCUT2D eigenvalue weighted by Crippen LogP contribution is -2.30. The lowest BCUT2D eigenvalue weighted by Gasteiger charge is -2.19. The van der Waals surface area contributed by atoms with Crippen LogP contribution in [0.1, 0.15) is 50.7 Å². The maximum Gasteiger partial charge on any atom is 0.270 e. The topological polar surface area (TPSA) is 54.0 Å². The highest BCUT2D eigenvalue weighted by molar-refractivity contribution is 5.93. The van der Waals surface area contributed by atoms with Gasteiger partial charge in [-0.1, -0.05) is 32.9 Å². The van der Waals surface area contributed by atoms with Crippen molar-refractivity contribution in [3.05, 3.63) is 53.9 Å². The zero-order valence-corrected chi connectivity index (χ0v) is 14.5. The minimum Gasteiger partial charge on any atom is -0.355 e. The highest BCUT2D eigenvalue weighted by atomic mass is 16.1. The van der Waals surface area contributed by atoms with Gasteiger partial charge < -0.3 is 10.6 Å². The van der Waals surface area contributed by atoms with Crippen molar-refractivity contribution in [1.29, 1.82) is 0 Å². The van der Waals surface area contributed by atoms with Crippen LogP contribution >= 0.6 is 0 Å². The predicted octanol–water partition coefficient (Wildman–Crippen LogP) is 4.26. The molecule has 0 aliphatic carbocycles. The van der Waals surface area contributed by atoms with Gasteiger partial charge in [0.15, 0.2) is 0 Å². The highest BCUT2D eigenvalue weighted by Gasteiger charge is 2.13. The van der Waals surface area contributed by atoms with E-state index < -0.39 is 0 Å². The normalized spacial score (nSPS) is 11.4. The fourth-order valence-electron chi connectivity index (χ4n) is 2.19. The molecule has 0 unspecified atom stereocenters. The van der Waals surface area contributed by atoms with Crippen molar-refractivity contribution < 1.29 is 4.79 Å². The number of carbonyl (C=O) groups excluding carboxylic acids is 1. The molecule has 1 aromatic heterocycles. The smallest absolute Gasteiger partial charge is 0.270 e. The van der Waals surface area contributed by atoms with Crippen molar-refractivity contribution in [2.45, 2.75) is 46.1 Å². The van der Waals surface area contributed by atoms with E-state index in [2.05, 4.69) is 60.7 Å². The largest absolute Gasteiger partial charge is 0.355 e. The first kappa shape index (κ1) is 17.0. The predicted molar refractivity (Wildman–Crippen MR) is 95.3 cm³/mol. The molecule has 1 heterocycles. The maximum atomic E-state index is 12.0. The molecule has 4 heteroatoms. The molecule has 122 valence electrons. The zero-order chi connectivity index (χ0) is 17.0. The second-order valence-corrected chi connectivity index (χ2v) is 7.01. The van der Waals surface area contributed by atoms with Crippen molar-refractivity contribution in [3.8, 4) is 0 Å². The summed E-state index contributed by atoms with van der Waals surface area (Å²) < 4.78 is 0. The fraction of sp³-hybridized carbons (Fsp3) is 0.368. The Balaban J connectivity index is 2.13. The number of rotatable bonds is 4. The summed E-state index contributed by atoms with van der Waals surface area (Å²) >= 11 is 0. The van der Waals surface area contributed by atoms with Gasteiger partial charge in [-0.05, 0) is 49.1 Å². The third-order valence-corrected chi connectivity index (χ3v) is 3.45. The van der Waals surface area contributed by atoms with Gasteiger partial charge in [-0.15, -0.1) is 0 Å². The Kier molecular flexibility index (Phi) is 5.04. The molecule has 0 radical (unpaired) electrons. The second-order valence-electron chi connectivity index (χ2n) is 7.01. The van der Waals surface area contributed by atoms with Crippen LogP contribution in [0.5, 0.6) is 0 Å². The molecule has 2 N–H and O–H groups in total. The molecule has 0 bridgehead atoms. The average molecular weight is 311 g/mol. The van der Waals surface area contributed by atoms with Crippen LogP contribution in [0.4, 0.5) is 11.4 Å². The first-order valence-corrected chi connectivity index (χ1v) is 7.90. The molecule has 1 amide bonds. The number of carbonyl (C=O) groups is 1. The van der Waals surface area contributed by atoms with E-state index in [-0.39, 0.29) is 17.4 Å². The first-order valence-electron chi connectivity index (χ1n) is 7.90. The number of amides is 1. The number of pyridine rings is 1. The summed E-state index contributed by atoms with van der Waals surface area (Å²) in [5, 5.41) is 6.16. The number of nitrogens with one attached hydrogen (secondary N) is 2. The average Bonchev–Trinajstić information content (AvgIpc) is 2.46. The van der Waals surface area contributed by atoms with Gasteiger partial charge in [-0.2, -0.15) is 0 Å². The maximum absolute atomic E-state index is 12.0.